The number of hydrogen-bond acceptors (Lipinski definition) is 4. The molecule has 1 atom stereocenters. The molecule has 1 saturated heterocycles. The maximum Gasteiger partial charge on any atom is 0.271 e. The van der Waals surface area contributed by atoms with Crippen molar-refractivity contribution in [2.24, 2.45) is 0 Å². The highest BCUT2D eigenvalue weighted by Crippen LogP contribution is 2.02. The number of carbonyl (C=O) groups excluding carboxylic acids is 1. The minimum atomic E-state index is -0.309. The lowest BCUT2D eigenvalue weighted by Gasteiger charge is -2.23. The standard InChI is InChI=1S/C10H14N4O2/c15-9-4-3-8(13-14-9)10(16)12-7-2-1-5-11-6-7/h3-4,7,11H,1-2,5-6H2,(H,12,16)(H,14,15). The average molecular weight is 222 g/mol. The van der Waals surface area contributed by atoms with Crippen molar-refractivity contribution in [2.75, 3.05) is 13.1 Å². The number of hydrogen-bond donors (Lipinski definition) is 3. The van der Waals surface area contributed by atoms with E-state index in [2.05, 4.69) is 20.8 Å². The minimum Gasteiger partial charge on any atom is -0.347 e. The van der Waals surface area contributed by atoms with Gasteiger partial charge in [-0.1, -0.05) is 0 Å². The van der Waals surface area contributed by atoms with E-state index < -0.39 is 0 Å². The summed E-state index contributed by atoms with van der Waals surface area (Å²) in [4.78, 5) is 22.5. The Bertz CT molecular complexity index is 403. The zero-order valence-corrected chi connectivity index (χ0v) is 8.82. The summed E-state index contributed by atoms with van der Waals surface area (Å²) >= 11 is 0. The van der Waals surface area contributed by atoms with Gasteiger partial charge in [-0.15, -0.1) is 0 Å². The Morgan fingerprint density at radius 2 is 2.38 bits per heavy atom. The van der Waals surface area contributed by atoms with Crippen molar-refractivity contribution in [1.82, 2.24) is 20.8 Å². The van der Waals surface area contributed by atoms with Crippen LogP contribution in [0.5, 0.6) is 0 Å². The monoisotopic (exact) mass is 222 g/mol. The number of carbonyl (C=O) groups is 1. The van der Waals surface area contributed by atoms with E-state index in [1.807, 2.05) is 0 Å². The third-order valence-electron chi connectivity index (χ3n) is 2.54. The molecule has 1 unspecified atom stereocenters. The van der Waals surface area contributed by atoms with Crippen LogP contribution in [-0.2, 0) is 0 Å². The van der Waals surface area contributed by atoms with Crippen molar-refractivity contribution in [3.8, 4) is 0 Å². The lowest BCUT2D eigenvalue weighted by Crippen LogP contribution is -2.45. The van der Waals surface area contributed by atoms with Crippen LogP contribution >= 0.6 is 0 Å². The highest BCUT2D eigenvalue weighted by molar-refractivity contribution is 5.92. The molecule has 1 aliphatic rings. The Kier molecular flexibility index (Phi) is 3.31. The van der Waals surface area contributed by atoms with Gasteiger partial charge in [0.15, 0.2) is 0 Å². The maximum absolute atomic E-state index is 11.7. The summed E-state index contributed by atoms with van der Waals surface area (Å²) in [6, 6.07) is 2.86. The molecule has 1 aromatic heterocycles. The van der Waals surface area contributed by atoms with E-state index in [0.29, 0.717) is 0 Å². The molecule has 1 aliphatic heterocycles. The first-order valence-electron chi connectivity index (χ1n) is 5.33. The molecule has 0 aliphatic carbocycles. The SMILES string of the molecule is O=C(NC1CCCNC1)c1ccc(=O)[nH]n1. The summed E-state index contributed by atoms with van der Waals surface area (Å²) in [7, 11) is 0. The van der Waals surface area contributed by atoms with Crippen LogP contribution in [0.15, 0.2) is 16.9 Å². The van der Waals surface area contributed by atoms with Gasteiger partial charge in [-0.3, -0.25) is 9.59 Å². The summed E-state index contributed by atoms with van der Waals surface area (Å²) in [6.07, 6.45) is 2.03. The van der Waals surface area contributed by atoms with Crippen molar-refractivity contribution in [3.63, 3.8) is 0 Å². The fraction of sp³-hybridized carbons (Fsp3) is 0.500. The van der Waals surface area contributed by atoms with E-state index in [1.165, 1.54) is 12.1 Å². The third-order valence-corrected chi connectivity index (χ3v) is 2.54. The smallest absolute Gasteiger partial charge is 0.271 e. The number of amides is 1. The molecule has 0 radical (unpaired) electrons. The van der Waals surface area contributed by atoms with Gasteiger partial charge in [-0.05, 0) is 25.5 Å². The van der Waals surface area contributed by atoms with E-state index in [1.54, 1.807) is 0 Å². The minimum absolute atomic E-state index is 0.148. The van der Waals surface area contributed by atoms with Crippen molar-refractivity contribution in [3.05, 3.63) is 28.2 Å². The number of H-pyrrole nitrogens is 1. The molecule has 2 rings (SSSR count). The maximum atomic E-state index is 11.7. The Morgan fingerprint density at radius 1 is 1.50 bits per heavy atom. The zero-order valence-electron chi connectivity index (χ0n) is 8.82. The van der Waals surface area contributed by atoms with Crippen molar-refractivity contribution < 1.29 is 4.79 Å². The first-order valence-corrected chi connectivity index (χ1v) is 5.33. The number of aromatic amines is 1. The molecule has 0 saturated carbocycles. The second-order valence-electron chi connectivity index (χ2n) is 3.82. The van der Waals surface area contributed by atoms with Crippen LogP contribution in [0.3, 0.4) is 0 Å². The number of nitrogens with one attached hydrogen (secondary N) is 3. The van der Waals surface area contributed by atoms with Crippen molar-refractivity contribution >= 4 is 5.91 Å². The van der Waals surface area contributed by atoms with Crippen LogP contribution in [0.2, 0.25) is 0 Å². The molecule has 1 fully saturated rings. The van der Waals surface area contributed by atoms with Gasteiger partial charge in [-0.25, -0.2) is 5.10 Å². The fourth-order valence-corrected chi connectivity index (χ4v) is 1.71. The molecule has 1 aromatic rings. The van der Waals surface area contributed by atoms with Crippen LogP contribution in [0.25, 0.3) is 0 Å². The van der Waals surface area contributed by atoms with Gasteiger partial charge in [0.05, 0.1) is 0 Å². The Labute approximate surface area is 92.4 Å². The van der Waals surface area contributed by atoms with Gasteiger partial charge in [0.25, 0.3) is 11.5 Å². The molecule has 2 heterocycles. The summed E-state index contributed by atoms with van der Waals surface area (Å²) < 4.78 is 0. The van der Waals surface area contributed by atoms with Crippen LogP contribution in [-0.4, -0.2) is 35.2 Å². The Balaban J connectivity index is 1.96. The van der Waals surface area contributed by atoms with Gasteiger partial charge in [0, 0.05) is 18.7 Å². The van der Waals surface area contributed by atoms with Gasteiger partial charge in [-0.2, -0.15) is 5.10 Å². The highest BCUT2D eigenvalue weighted by Gasteiger charge is 2.16. The predicted octanol–water partition coefficient (Wildman–Crippen LogP) is -0.748. The summed E-state index contributed by atoms with van der Waals surface area (Å²) in [5, 5.41) is 12.0. The van der Waals surface area contributed by atoms with Gasteiger partial charge in [0.2, 0.25) is 0 Å². The topological polar surface area (TPSA) is 86.9 Å². The number of nitrogens with zero attached hydrogens (tertiary/aromatic N) is 1. The second kappa shape index (κ2) is 4.89. The first kappa shape index (κ1) is 10.8. The number of rotatable bonds is 2. The van der Waals surface area contributed by atoms with Crippen LogP contribution in [0.1, 0.15) is 23.3 Å². The van der Waals surface area contributed by atoms with Gasteiger partial charge >= 0.3 is 0 Å². The normalized spacial score (nSPS) is 20.4. The molecule has 0 spiro atoms. The van der Waals surface area contributed by atoms with E-state index >= 15 is 0 Å². The number of aromatic nitrogens is 2. The fourth-order valence-electron chi connectivity index (χ4n) is 1.71. The lowest BCUT2D eigenvalue weighted by atomic mass is 10.1. The van der Waals surface area contributed by atoms with E-state index in [-0.39, 0.29) is 23.2 Å². The summed E-state index contributed by atoms with van der Waals surface area (Å²) in [5.74, 6) is -0.245. The Morgan fingerprint density at radius 3 is 3.00 bits per heavy atom. The largest absolute Gasteiger partial charge is 0.347 e. The molecule has 86 valence electrons. The predicted molar refractivity (Wildman–Crippen MR) is 58.2 cm³/mol. The first-order chi connectivity index (χ1) is 7.75. The second-order valence-corrected chi connectivity index (χ2v) is 3.82. The third kappa shape index (κ3) is 2.66. The van der Waals surface area contributed by atoms with Gasteiger partial charge in [0.1, 0.15) is 5.69 Å². The van der Waals surface area contributed by atoms with Gasteiger partial charge < -0.3 is 10.6 Å². The van der Waals surface area contributed by atoms with Crippen molar-refractivity contribution in [1.29, 1.82) is 0 Å². The molecule has 16 heavy (non-hydrogen) atoms. The van der Waals surface area contributed by atoms with Crippen LogP contribution in [0, 0.1) is 0 Å². The lowest BCUT2D eigenvalue weighted by molar-refractivity contribution is 0.0924. The quantitative estimate of drug-likeness (QED) is 0.614. The van der Waals surface area contributed by atoms with E-state index in [9.17, 15) is 9.59 Å². The highest BCUT2D eigenvalue weighted by atomic mass is 16.2. The Hall–Kier alpha value is -1.69. The van der Waals surface area contributed by atoms with Crippen molar-refractivity contribution in [2.45, 2.75) is 18.9 Å². The molecule has 3 N–H and O–H groups in total. The molecule has 0 bridgehead atoms. The molecule has 1 amide bonds. The summed E-state index contributed by atoms with van der Waals surface area (Å²) in [5.41, 5.74) is -0.0685. The molecule has 6 heteroatoms. The van der Waals surface area contributed by atoms with E-state index in [4.69, 9.17) is 0 Å². The molecular weight excluding hydrogens is 208 g/mol. The van der Waals surface area contributed by atoms with E-state index in [0.717, 1.165) is 25.9 Å². The van der Waals surface area contributed by atoms with Crippen LogP contribution < -0.4 is 16.2 Å². The molecule has 0 aromatic carbocycles. The molecular formula is C10H14N4O2. The van der Waals surface area contributed by atoms with Crippen LogP contribution in [0.4, 0.5) is 0 Å². The molecule has 6 nitrogen and oxygen atoms in total. The number of piperidine rings is 1. The average Bonchev–Trinajstić information content (AvgIpc) is 2.31. The summed E-state index contributed by atoms with van der Waals surface area (Å²) in [6.45, 7) is 1.79. The zero-order chi connectivity index (χ0) is 11.4.